The molecule has 1 aliphatic rings. The number of nitrogens with one attached hydrogen (secondary N) is 1. The van der Waals surface area contributed by atoms with Gasteiger partial charge in [0.15, 0.2) is 0 Å². The third-order valence-corrected chi connectivity index (χ3v) is 7.85. The van der Waals surface area contributed by atoms with Crippen LogP contribution in [0.5, 0.6) is 0 Å². The molecule has 0 aromatic heterocycles. The topological polar surface area (TPSA) is 12.0 Å². The highest BCUT2D eigenvalue weighted by Gasteiger charge is 2.43. The lowest BCUT2D eigenvalue weighted by molar-refractivity contribution is 0.467. The Labute approximate surface area is 225 Å². The van der Waals surface area contributed by atoms with Crippen LogP contribution in [0.15, 0.2) is 121 Å². The Bertz CT molecular complexity index is 1200. The van der Waals surface area contributed by atoms with Gasteiger partial charge in [0.05, 0.1) is 5.41 Å². The van der Waals surface area contributed by atoms with E-state index in [-0.39, 0.29) is 5.41 Å². The van der Waals surface area contributed by atoms with Gasteiger partial charge < -0.3 is 5.32 Å². The van der Waals surface area contributed by atoms with Crippen LogP contribution in [-0.2, 0) is 24.7 Å². The van der Waals surface area contributed by atoms with Gasteiger partial charge in [-0.05, 0) is 91.7 Å². The van der Waals surface area contributed by atoms with E-state index in [2.05, 4.69) is 116 Å². The van der Waals surface area contributed by atoms with Crippen molar-refractivity contribution in [3.05, 3.63) is 143 Å². The molecular formula is C36H43N. The molecule has 192 valence electrons. The zero-order valence-corrected chi connectivity index (χ0v) is 22.8. The lowest BCUT2D eigenvalue weighted by Crippen LogP contribution is -2.41. The fourth-order valence-electron chi connectivity index (χ4n) is 6.11. The SMILES string of the molecule is C=C(NCCCCc1ccccc1)C1(CCCc2ccccc2)C(=C/C)/C(=C\CC)Cc2ccccc21. The maximum Gasteiger partial charge on any atom is 0.0594 e. The van der Waals surface area contributed by atoms with E-state index >= 15 is 0 Å². The standard InChI is InChI=1S/C36H43N/c1-4-17-32-28-33-24-12-13-25-35(33)36(34(32)5-2,26-16-23-31-20-10-7-11-21-31)29(3)37-27-15-14-22-30-18-8-6-9-19-30/h5-13,17-21,24-25,37H,3-4,14-16,22-23,26-28H2,1-2H3/b32-17-,34-5+. The first-order valence-electron chi connectivity index (χ1n) is 14.1. The Kier molecular flexibility index (Phi) is 9.60. The monoisotopic (exact) mass is 489 g/mol. The fraction of sp³-hybridized carbons (Fsp3) is 0.333. The van der Waals surface area contributed by atoms with Crippen molar-refractivity contribution in [2.45, 2.75) is 70.6 Å². The molecule has 3 aromatic carbocycles. The zero-order valence-electron chi connectivity index (χ0n) is 22.8. The summed E-state index contributed by atoms with van der Waals surface area (Å²) in [5.74, 6) is 0. The van der Waals surface area contributed by atoms with Crippen molar-refractivity contribution in [2.75, 3.05) is 6.54 Å². The molecule has 0 bridgehead atoms. The largest absolute Gasteiger partial charge is 0.388 e. The number of hydrogen-bond donors (Lipinski definition) is 1. The minimum atomic E-state index is -0.210. The van der Waals surface area contributed by atoms with Gasteiger partial charge in [0.2, 0.25) is 0 Å². The van der Waals surface area contributed by atoms with Crippen molar-refractivity contribution in [1.82, 2.24) is 5.32 Å². The van der Waals surface area contributed by atoms with E-state index < -0.39 is 0 Å². The highest BCUT2D eigenvalue weighted by molar-refractivity contribution is 5.61. The molecule has 1 nitrogen and oxygen atoms in total. The molecule has 0 saturated heterocycles. The maximum absolute atomic E-state index is 4.74. The molecule has 1 atom stereocenters. The second-order valence-electron chi connectivity index (χ2n) is 10.3. The Morgan fingerprint density at radius 3 is 2.11 bits per heavy atom. The first-order valence-corrected chi connectivity index (χ1v) is 14.1. The zero-order chi connectivity index (χ0) is 25.9. The average Bonchev–Trinajstić information content (AvgIpc) is 2.94. The summed E-state index contributed by atoms with van der Waals surface area (Å²) < 4.78 is 0. The Morgan fingerprint density at radius 2 is 1.46 bits per heavy atom. The van der Waals surface area contributed by atoms with Crippen molar-refractivity contribution in [3.8, 4) is 0 Å². The summed E-state index contributed by atoms with van der Waals surface area (Å²) in [5, 5.41) is 3.83. The minimum absolute atomic E-state index is 0.210. The molecule has 1 heteroatoms. The van der Waals surface area contributed by atoms with Crippen molar-refractivity contribution in [3.63, 3.8) is 0 Å². The highest BCUT2D eigenvalue weighted by atomic mass is 14.9. The van der Waals surface area contributed by atoms with E-state index in [0.29, 0.717) is 0 Å². The summed E-state index contributed by atoms with van der Waals surface area (Å²) in [7, 11) is 0. The number of benzene rings is 3. The molecule has 4 rings (SSSR count). The van der Waals surface area contributed by atoms with E-state index in [1.165, 1.54) is 39.8 Å². The molecule has 1 unspecified atom stereocenters. The first-order chi connectivity index (χ1) is 18.2. The van der Waals surface area contributed by atoms with Crippen molar-refractivity contribution in [2.24, 2.45) is 0 Å². The van der Waals surface area contributed by atoms with Crippen LogP contribution in [-0.4, -0.2) is 6.54 Å². The van der Waals surface area contributed by atoms with Gasteiger partial charge in [-0.15, -0.1) is 0 Å². The van der Waals surface area contributed by atoms with Gasteiger partial charge in [-0.3, -0.25) is 0 Å². The summed E-state index contributed by atoms with van der Waals surface area (Å²) in [6.07, 6.45) is 13.6. The van der Waals surface area contributed by atoms with Crippen LogP contribution in [0, 0.1) is 0 Å². The third kappa shape index (κ3) is 6.34. The second-order valence-corrected chi connectivity index (χ2v) is 10.3. The summed E-state index contributed by atoms with van der Waals surface area (Å²) >= 11 is 0. The fourth-order valence-corrected chi connectivity index (χ4v) is 6.11. The number of rotatable bonds is 12. The van der Waals surface area contributed by atoms with Gasteiger partial charge in [-0.2, -0.15) is 0 Å². The van der Waals surface area contributed by atoms with Crippen LogP contribution < -0.4 is 5.32 Å². The van der Waals surface area contributed by atoms with E-state index in [0.717, 1.165) is 57.2 Å². The molecule has 3 aromatic rings. The average molecular weight is 490 g/mol. The summed E-state index contributed by atoms with van der Waals surface area (Å²) in [6.45, 7) is 10.2. The lowest BCUT2D eigenvalue weighted by Gasteiger charge is -2.45. The van der Waals surface area contributed by atoms with Gasteiger partial charge in [0.25, 0.3) is 0 Å². The molecule has 1 N–H and O–H groups in total. The number of hydrogen-bond acceptors (Lipinski definition) is 1. The normalized spacial score (nSPS) is 19.1. The van der Waals surface area contributed by atoms with E-state index in [1.54, 1.807) is 0 Å². The molecule has 0 radical (unpaired) electrons. The van der Waals surface area contributed by atoms with Crippen LogP contribution in [0.3, 0.4) is 0 Å². The molecule has 0 aliphatic heterocycles. The van der Waals surface area contributed by atoms with Crippen LogP contribution in [0.1, 0.15) is 68.2 Å². The predicted octanol–water partition coefficient (Wildman–Crippen LogP) is 8.91. The molecule has 0 fully saturated rings. The van der Waals surface area contributed by atoms with Crippen molar-refractivity contribution >= 4 is 0 Å². The summed E-state index contributed by atoms with van der Waals surface area (Å²) in [4.78, 5) is 0. The van der Waals surface area contributed by atoms with Crippen molar-refractivity contribution < 1.29 is 0 Å². The van der Waals surface area contributed by atoms with Gasteiger partial charge >= 0.3 is 0 Å². The van der Waals surface area contributed by atoms with Crippen LogP contribution >= 0.6 is 0 Å². The second kappa shape index (κ2) is 13.3. The highest BCUT2D eigenvalue weighted by Crippen LogP contribution is 2.50. The number of allylic oxidation sites excluding steroid dienone is 4. The van der Waals surface area contributed by atoms with Crippen LogP contribution in [0.2, 0.25) is 0 Å². The molecule has 0 heterocycles. The summed E-state index contributed by atoms with van der Waals surface area (Å²) in [6, 6.07) is 30.8. The van der Waals surface area contributed by atoms with E-state index in [4.69, 9.17) is 6.58 Å². The number of fused-ring (bicyclic) bond motifs is 1. The molecule has 0 amide bonds. The number of unbranched alkanes of at least 4 members (excludes halogenated alkanes) is 1. The van der Waals surface area contributed by atoms with E-state index in [1.807, 2.05) is 0 Å². The maximum atomic E-state index is 4.74. The minimum Gasteiger partial charge on any atom is -0.388 e. The third-order valence-electron chi connectivity index (χ3n) is 7.85. The predicted molar refractivity (Wildman–Crippen MR) is 160 cm³/mol. The van der Waals surface area contributed by atoms with Crippen molar-refractivity contribution in [1.29, 1.82) is 0 Å². The molecule has 0 spiro atoms. The molecule has 37 heavy (non-hydrogen) atoms. The Balaban J connectivity index is 1.58. The van der Waals surface area contributed by atoms with Gasteiger partial charge in [-0.1, -0.05) is 111 Å². The Hall–Kier alpha value is -3.32. The lowest BCUT2D eigenvalue weighted by atomic mass is 9.60. The van der Waals surface area contributed by atoms with E-state index in [9.17, 15) is 0 Å². The molecule has 0 saturated carbocycles. The quantitative estimate of drug-likeness (QED) is 0.250. The van der Waals surface area contributed by atoms with Crippen LogP contribution in [0.25, 0.3) is 0 Å². The van der Waals surface area contributed by atoms with Gasteiger partial charge in [0.1, 0.15) is 0 Å². The summed E-state index contributed by atoms with van der Waals surface area (Å²) in [5.41, 5.74) is 9.57. The smallest absolute Gasteiger partial charge is 0.0594 e. The Morgan fingerprint density at radius 1 is 0.838 bits per heavy atom. The molecule has 1 aliphatic carbocycles. The van der Waals surface area contributed by atoms with Crippen LogP contribution in [0.4, 0.5) is 0 Å². The number of aryl methyl sites for hydroxylation is 2. The first kappa shape index (κ1) is 26.7. The van der Waals surface area contributed by atoms with Gasteiger partial charge in [-0.25, -0.2) is 0 Å². The molecular weight excluding hydrogens is 446 g/mol. The van der Waals surface area contributed by atoms with Gasteiger partial charge in [0, 0.05) is 12.2 Å².